The summed E-state index contributed by atoms with van der Waals surface area (Å²) in [7, 11) is 1.80. The Labute approximate surface area is 279 Å². The van der Waals surface area contributed by atoms with Crippen LogP contribution in [0.15, 0.2) is 18.3 Å². The molecule has 15 heteroatoms. The average molecular weight is 685 g/mol. The van der Waals surface area contributed by atoms with E-state index in [1.807, 2.05) is 15.5 Å². The van der Waals surface area contributed by atoms with E-state index in [1.165, 1.54) is 6.07 Å². The van der Waals surface area contributed by atoms with Gasteiger partial charge in [-0.2, -0.15) is 15.1 Å². The molecule has 0 unspecified atom stereocenters. The monoisotopic (exact) mass is 684 g/mol. The van der Waals surface area contributed by atoms with Gasteiger partial charge in [0.05, 0.1) is 58.1 Å². The maximum absolute atomic E-state index is 14.8. The fraction of sp³-hybridized carbons (Fsp3) is 0.515. The Kier molecular flexibility index (Phi) is 7.51. The third-order valence-electron chi connectivity index (χ3n) is 10.2. The van der Waals surface area contributed by atoms with Gasteiger partial charge in [-0.15, -0.1) is 0 Å². The lowest BCUT2D eigenvalue weighted by Gasteiger charge is -2.31. The van der Waals surface area contributed by atoms with Gasteiger partial charge < -0.3 is 24.0 Å². The normalized spacial score (nSPS) is 25.2. The first-order valence-electron chi connectivity index (χ1n) is 16.1. The quantitative estimate of drug-likeness (QED) is 0.239. The van der Waals surface area contributed by atoms with Crippen molar-refractivity contribution in [2.45, 2.75) is 56.8 Å². The predicted octanol–water partition coefficient (Wildman–Crippen LogP) is 5.50. The van der Waals surface area contributed by atoms with Gasteiger partial charge in [0.1, 0.15) is 29.8 Å². The molecule has 7 heterocycles. The van der Waals surface area contributed by atoms with E-state index in [0.717, 1.165) is 19.4 Å². The van der Waals surface area contributed by atoms with Gasteiger partial charge in [0.15, 0.2) is 0 Å². The van der Waals surface area contributed by atoms with Gasteiger partial charge in [-0.25, -0.2) is 13.2 Å². The molecule has 3 aliphatic heterocycles. The number of benzene rings is 1. The summed E-state index contributed by atoms with van der Waals surface area (Å²) in [5.74, 6) is 0.504. The summed E-state index contributed by atoms with van der Waals surface area (Å²) in [5.41, 5.74) is 0.628. The molecule has 0 amide bonds. The number of halogens is 4. The summed E-state index contributed by atoms with van der Waals surface area (Å²) >= 11 is 6.49. The van der Waals surface area contributed by atoms with Crippen molar-refractivity contribution in [1.29, 1.82) is 0 Å². The van der Waals surface area contributed by atoms with E-state index in [9.17, 15) is 18.3 Å². The minimum atomic E-state index is -2.89. The maximum Gasteiger partial charge on any atom is 0.320 e. The van der Waals surface area contributed by atoms with Crippen molar-refractivity contribution in [3.63, 3.8) is 0 Å². The molecule has 11 nitrogen and oxygen atoms in total. The summed E-state index contributed by atoms with van der Waals surface area (Å²) in [5, 5.41) is 20.0. The number of nitrogens with one attached hydrogen (secondary N) is 1. The van der Waals surface area contributed by atoms with Crippen LogP contribution in [0, 0.1) is 6.92 Å². The highest BCUT2D eigenvalue weighted by atomic mass is 35.5. The molecule has 0 radical (unpaired) electrons. The van der Waals surface area contributed by atoms with Crippen molar-refractivity contribution >= 4 is 50.3 Å². The maximum atomic E-state index is 14.8. The number of alkyl halides is 3. The molecule has 0 saturated carbocycles. The average Bonchev–Trinajstić information content (AvgIpc) is 3.73. The van der Waals surface area contributed by atoms with Gasteiger partial charge >= 0.3 is 6.01 Å². The number of pyridine rings is 1. The lowest BCUT2D eigenvalue weighted by molar-refractivity contribution is -0.0123. The molecule has 8 rings (SSSR count). The third kappa shape index (κ3) is 4.98. The number of hydrogen-bond donors (Lipinski definition) is 2. The Hall–Kier alpha value is -3.72. The Morgan fingerprint density at radius 1 is 1.25 bits per heavy atom. The van der Waals surface area contributed by atoms with Crippen molar-refractivity contribution in [3.8, 4) is 17.3 Å². The number of hydrogen-bond acceptors (Lipinski definition) is 9. The van der Waals surface area contributed by atoms with Crippen LogP contribution in [-0.2, 0) is 11.8 Å². The number of fused-ring (bicyclic) bond motifs is 5. The van der Waals surface area contributed by atoms with Crippen molar-refractivity contribution in [2.75, 3.05) is 50.9 Å². The Morgan fingerprint density at radius 2 is 2.08 bits per heavy atom. The van der Waals surface area contributed by atoms with E-state index in [-0.39, 0.29) is 41.9 Å². The lowest BCUT2D eigenvalue weighted by atomic mass is 9.95. The van der Waals surface area contributed by atoms with Crippen LogP contribution < -0.4 is 9.64 Å². The zero-order valence-electron chi connectivity index (χ0n) is 26.9. The molecule has 3 atom stereocenters. The van der Waals surface area contributed by atoms with Crippen molar-refractivity contribution in [2.24, 2.45) is 7.05 Å². The number of anilines is 1. The van der Waals surface area contributed by atoms with Crippen LogP contribution in [0.2, 0.25) is 5.02 Å². The van der Waals surface area contributed by atoms with E-state index in [2.05, 4.69) is 20.1 Å². The van der Waals surface area contributed by atoms with Crippen LogP contribution in [0.25, 0.3) is 44.1 Å². The van der Waals surface area contributed by atoms with Crippen LogP contribution in [0.3, 0.4) is 0 Å². The van der Waals surface area contributed by atoms with Crippen molar-refractivity contribution < 1.29 is 27.8 Å². The molecule has 3 fully saturated rings. The second kappa shape index (κ2) is 11.4. The molecule has 3 saturated heterocycles. The minimum Gasteiger partial charge on any atom is -0.461 e. The van der Waals surface area contributed by atoms with Crippen molar-refractivity contribution in [3.05, 3.63) is 34.6 Å². The number of aromatic nitrogens is 6. The zero-order valence-corrected chi connectivity index (χ0v) is 27.6. The first kappa shape index (κ1) is 31.5. The molecule has 0 bridgehead atoms. The summed E-state index contributed by atoms with van der Waals surface area (Å²) < 4.78 is 58.0. The highest BCUT2D eigenvalue weighted by Crippen LogP contribution is 2.46. The summed E-state index contributed by atoms with van der Waals surface area (Å²) in [6.45, 7) is 6.04. The van der Waals surface area contributed by atoms with Crippen molar-refractivity contribution in [1.82, 2.24) is 34.6 Å². The number of ether oxygens (including phenoxy) is 2. The molecule has 5 aromatic rings. The number of aliphatic hydroxyl groups is 1. The van der Waals surface area contributed by atoms with Crippen LogP contribution in [-0.4, -0.2) is 103 Å². The van der Waals surface area contributed by atoms with E-state index in [4.69, 9.17) is 31.0 Å². The number of aryl methyl sites for hydroxylation is 2. The van der Waals surface area contributed by atoms with Gasteiger partial charge in [-0.1, -0.05) is 11.6 Å². The standard InChI is InChI=1S/C33H36ClF3N8O3/c1-17-22-21(42-41-17)11-20(34)24(28(36)37)25(22)26-27-19(5-7-38-26)23-29(43(27)3)39-31(40-30(23)44-9-10-47-15-32(2,46)14-44)48-16-33-6-4-8-45(33)13-18(35)12-33/h5,7,11,18,28,46H,4,6,8-10,12-16H2,1-3H3,(H,41,42)/t18-,32+,33+/m1/s1. The lowest BCUT2D eigenvalue weighted by Crippen LogP contribution is -2.44. The molecule has 1 aromatic carbocycles. The second-order valence-electron chi connectivity index (χ2n) is 13.7. The van der Waals surface area contributed by atoms with Crippen LogP contribution >= 0.6 is 11.6 Å². The second-order valence-corrected chi connectivity index (χ2v) is 14.1. The molecular weight excluding hydrogens is 649 g/mol. The molecule has 254 valence electrons. The van der Waals surface area contributed by atoms with E-state index in [0.29, 0.717) is 76.2 Å². The smallest absolute Gasteiger partial charge is 0.320 e. The molecule has 0 aliphatic carbocycles. The van der Waals surface area contributed by atoms with Gasteiger partial charge in [0.2, 0.25) is 0 Å². The topological polar surface area (TPSA) is 117 Å². The summed E-state index contributed by atoms with van der Waals surface area (Å²) in [6, 6.07) is 3.38. The highest BCUT2D eigenvalue weighted by Gasteiger charge is 2.49. The highest BCUT2D eigenvalue weighted by molar-refractivity contribution is 6.33. The molecule has 3 aliphatic rings. The number of H-pyrrole nitrogens is 1. The van der Waals surface area contributed by atoms with E-state index in [1.54, 1.807) is 27.1 Å². The first-order chi connectivity index (χ1) is 23.0. The molecule has 0 spiro atoms. The van der Waals surface area contributed by atoms with Crippen LogP contribution in [0.1, 0.15) is 43.9 Å². The van der Waals surface area contributed by atoms with Crippen LogP contribution in [0.5, 0.6) is 6.01 Å². The van der Waals surface area contributed by atoms with Gasteiger partial charge in [-0.3, -0.25) is 15.0 Å². The van der Waals surface area contributed by atoms with Gasteiger partial charge in [0.25, 0.3) is 6.43 Å². The van der Waals surface area contributed by atoms with Crippen LogP contribution in [0.4, 0.5) is 19.0 Å². The largest absolute Gasteiger partial charge is 0.461 e. The summed E-state index contributed by atoms with van der Waals surface area (Å²) in [6.07, 6.45) is -0.0346. The number of rotatable bonds is 6. The van der Waals surface area contributed by atoms with Gasteiger partial charge in [0, 0.05) is 54.7 Å². The van der Waals surface area contributed by atoms with E-state index < -0.39 is 23.7 Å². The Balaban J connectivity index is 1.36. The first-order valence-corrected chi connectivity index (χ1v) is 16.5. The number of β-amino-alcohol motifs (C(OH)–C–C–N with tert-alkyl or cyclic N) is 1. The molecule has 2 N–H and O–H groups in total. The molecule has 48 heavy (non-hydrogen) atoms. The minimum absolute atomic E-state index is 0.0977. The summed E-state index contributed by atoms with van der Waals surface area (Å²) in [4.78, 5) is 18.6. The third-order valence-corrected chi connectivity index (χ3v) is 10.5. The number of nitrogens with zero attached hydrogens (tertiary/aromatic N) is 7. The Bertz CT molecular complexity index is 2070. The predicted molar refractivity (Wildman–Crippen MR) is 176 cm³/mol. The fourth-order valence-electron chi connectivity index (χ4n) is 8.10. The fourth-order valence-corrected chi connectivity index (χ4v) is 8.38. The number of aromatic amines is 1. The van der Waals surface area contributed by atoms with Gasteiger partial charge in [-0.05, 0) is 45.4 Å². The Morgan fingerprint density at radius 3 is 2.90 bits per heavy atom. The molecule has 4 aromatic heterocycles. The SMILES string of the molecule is Cc1n[nH]c2cc(Cl)c(C(F)F)c(-c3nccc4c5c(N6CCOC[C@@](C)(O)C6)nc(OC[C@@]67CCCN6C[C@H](F)C7)nc5n(C)c34)c12. The molecular formula is C33H36ClF3N8O3. The van der Waals surface area contributed by atoms with E-state index >= 15 is 0 Å². The zero-order chi connectivity index (χ0) is 33.5.